The predicted molar refractivity (Wildman–Crippen MR) is 227 cm³/mol. The van der Waals surface area contributed by atoms with Crippen LogP contribution in [0.2, 0.25) is 0 Å². The van der Waals surface area contributed by atoms with E-state index in [0.29, 0.717) is 42.7 Å². The molecule has 3 N–H and O–H groups in total. The van der Waals surface area contributed by atoms with Crippen molar-refractivity contribution in [1.82, 2.24) is 24.7 Å². The van der Waals surface area contributed by atoms with Gasteiger partial charge in [0, 0.05) is 75.5 Å². The maximum atomic E-state index is 16.9. The average molecular weight is 960 g/mol. The molecule has 3 fully saturated rings. The zero-order chi connectivity index (χ0) is 44.6. The van der Waals surface area contributed by atoms with E-state index >= 15 is 4.39 Å². The zero-order valence-corrected chi connectivity index (χ0v) is 38.7. The molecule has 16 nitrogen and oxygen atoms in total. The first-order valence-corrected chi connectivity index (χ1v) is 21.7. The molecule has 0 amide bonds. The molecular weight excluding hydrogens is 896 g/mol. The number of fused-ring (bicyclic) bond motifs is 1. The number of rotatable bonds is 10. The molecule has 0 unspecified atom stereocenters. The van der Waals surface area contributed by atoms with Crippen LogP contribution in [-0.4, -0.2) is 169 Å². The van der Waals surface area contributed by atoms with Crippen molar-refractivity contribution in [3.05, 3.63) is 30.1 Å². The largest absolute Gasteiger partial charge is 0.506 e. The number of likely N-dealkylation sites (tertiary alicyclic amines) is 1. The minimum absolute atomic E-state index is 0.00244. The van der Waals surface area contributed by atoms with Gasteiger partial charge in [0.25, 0.3) is 5.67 Å². The van der Waals surface area contributed by atoms with Crippen molar-refractivity contribution in [2.45, 2.75) is 132 Å². The second kappa shape index (κ2) is 19.1. The van der Waals surface area contributed by atoms with E-state index in [1.807, 2.05) is 54.6 Å². The lowest BCUT2D eigenvalue weighted by atomic mass is 9.73. The van der Waals surface area contributed by atoms with Crippen molar-refractivity contribution in [3.8, 4) is 5.75 Å². The number of ketones is 2. The van der Waals surface area contributed by atoms with E-state index in [9.17, 15) is 29.7 Å². The molecule has 13 atom stereocenters. The number of pyridine rings is 2. The van der Waals surface area contributed by atoms with Crippen LogP contribution in [0.1, 0.15) is 66.9 Å². The Morgan fingerprint density at radius 2 is 1.72 bits per heavy atom. The number of alkyl halides is 2. The molecule has 0 aliphatic carbocycles. The molecule has 3 aliphatic rings. The van der Waals surface area contributed by atoms with Gasteiger partial charge in [-0.05, 0) is 89.4 Å². The Hall–Kier alpha value is -2.53. The number of Topliss-reactive ketones (excluding diaryl/α,β-unsaturated/α-hetero) is 2. The molecule has 3 saturated heterocycles. The summed E-state index contributed by atoms with van der Waals surface area (Å²) in [4.78, 5) is 57.4. The smallest absolute Gasteiger partial charge is 0.352 e. The van der Waals surface area contributed by atoms with E-state index in [1.54, 1.807) is 44.9 Å². The Morgan fingerprint density at radius 3 is 2.32 bits per heavy atom. The van der Waals surface area contributed by atoms with Crippen LogP contribution in [0.3, 0.4) is 0 Å². The SMILES string of the molecule is CO[C@@]1(C)[C@@H](N(CO)C2CN(Cc3c(O)cnc4cccnc34)C2)[C@@H](C)C(=O)[C@H](C)C[C@@](C)(OC)[C@H](O[C@@H]2O[C@H](C)C[C@H](N(C)C)[C@H]2O)[C@@H](C)C(=O)[C@](C)(F)C(=O)O[C@@H]1I. The number of carbonyl (C=O) groups is 3. The summed E-state index contributed by atoms with van der Waals surface area (Å²) in [6, 6.07) is 1.91. The van der Waals surface area contributed by atoms with Gasteiger partial charge in [0.15, 0.2) is 16.2 Å². The van der Waals surface area contributed by atoms with Crippen LogP contribution in [0.25, 0.3) is 11.0 Å². The molecule has 0 spiro atoms. The minimum Gasteiger partial charge on any atom is -0.506 e. The van der Waals surface area contributed by atoms with E-state index in [4.69, 9.17) is 23.7 Å². The highest BCUT2D eigenvalue weighted by Crippen LogP contribution is 2.42. The summed E-state index contributed by atoms with van der Waals surface area (Å²) >= 11 is 1.82. The number of cyclic esters (lactones) is 1. The van der Waals surface area contributed by atoms with Gasteiger partial charge in [-0.3, -0.25) is 29.4 Å². The fourth-order valence-corrected chi connectivity index (χ4v) is 10.3. The number of halogens is 2. The Morgan fingerprint density at radius 1 is 1.05 bits per heavy atom. The number of nitrogens with zero attached hydrogens (tertiary/aromatic N) is 5. The molecule has 5 heterocycles. The summed E-state index contributed by atoms with van der Waals surface area (Å²) in [5.41, 5.74) is -4.40. The van der Waals surface area contributed by atoms with Crippen LogP contribution in [0.4, 0.5) is 4.39 Å². The van der Waals surface area contributed by atoms with E-state index in [1.165, 1.54) is 27.3 Å². The van der Waals surface area contributed by atoms with Gasteiger partial charge in [0.05, 0.1) is 47.8 Å². The highest BCUT2D eigenvalue weighted by Gasteiger charge is 2.58. The second-order valence-corrected chi connectivity index (χ2v) is 18.8. The van der Waals surface area contributed by atoms with Crippen LogP contribution >= 0.6 is 22.6 Å². The van der Waals surface area contributed by atoms with Gasteiger partial charge < -0.3 is 43.9 Å². The van der Waals surface area contributed by atoms with Crippen LogP contribution in [0, 0.1) is 17.8 Å². The van der Waals surface area contributed by atoms with Gasteiger partial charge in [-0.2, -0.15) is 0 Å². The second-order valence-electron chi connectivity index (χ2n) is 17.6. The number of carbonyl (C=O) groups excluding carboxylic acids is 3. The first kappa shape index (κ1) is 48.5. The number of hydrogen-bond acceptors (Lipinski definition) is 16. The van der Waals surface area contributed by atoms with Crippen molar-refractivity contribution in [3.63, 3.8) is 0 Å². The molecular formula is C42H63FIN5O11. The van der Waals surface area contributed by atoms with Crippen molar-refractivity contribution >= 4 is 51.2 Å². The van der Waals surface area contributed by atoms with Crippen LogP contribution in [-0.2, 0) is 44.6 Å². The number of esters is 1. The maximum absolute atomic E-state index is 16.9. The van der Waals surface area contributed by atoms with Gasteiger partial charge >= 0.3 is 5.97 Å². The minimum atomic E-state index is -3.19. The average Bonchev–Trinajstić information content (AvgIpc) is 3.19. The Labute approximate surface area is 365 Å². The lowest BCUT2D eigenvalue weighted by Crippen LogP contribution is -2.70. The van der Waals surface area contributed by atoms with E-state index in [2.05, 4.69) is 14.9 Å². The number of ether oxygens (including phenoxy) is 5. The monoisotopic (exact) mass is 959 g/mol. The Bertz CT molecular complexity index is 1860. The predicted octanol–water partition coefficient (Wildman–Crippen LogP) is 3.24. The van der Waals surface area contributed by atoms with Crippen LogP contribution in [0.15, 0.2) is 24.5 Å². The fourth-order valence-electron chi connectivity index (χ4n) is 9.42. The highest BCUT2D eigenvalue weighted by atomic mass is 127. The zero-order valence-electron chi connectivity index (χ0n) is 36.5. The molecule has 18 heteroatoms. The van der Waals surface area contributed by atoms with Crippen molar-refractivity contribution in [1.29, 1.82) is 0 Å². The normalized spacial score (nSPS) is 38.2. The van der Waals surface area contributed by atoms with E-state index < -0.39 is 81.8 Å². The molecule has 336 valence electrons. The number of hydrogen-bond donors (Lipinski definition) is 3. The number of aliphatic hydroxyl groups excluding tert-OH is 2. The molecule has 0 bridgehead atoms. The van der Waals surface area contributed by atoms with Crippen LogP contribution < -0.4 is 0 Å². The molecule has 2 aromatic heterocycles. The summed E-state index contributed by atoms with van der Waals surface area (Å²) in [7, 11) is 6.42. The van der Waals surface area contributed by atoms with Crippen LogP contribution in [0.5, 0.6) is 5.75 Å². The fraction of sp³-hybridized carbons (Fsp3) is 0.738. The first-order valence-electron chi connectivity index (χ1n) is 20.4. The maximum Gasteiger partial charge on any atom is 0.352 e. The summed E-state index contributed by atoms with van der Waals surface area (Å²) < 4.78 is 46.3. The summed E-state index contributed by atoms with van der Waals surface area (Å²) in [5, 5.41) is 33.3. The lowest BCUT2D eigenvalue weighted by molar-refractivity contribution is -0.295. The Kier molecular flexibility index (Phi) is 15.4. The van der Waals surface area contributed by atoms with Gasteiger partial charge in [-0.1, -0.05) is 20.8 Å². The molecule has 0 saturated carbocycles. The summed E-state index contributed by atoms with van der Waals surface area (Å²) in [6.45, 7) is 11.5. The molecule has 3 aliphatic heterocycles. The molecule has 5 rings (SSSR count). The molecule has 2 aromatic rings. The Balaban J connectivity index is 1.52. The van der Waals surface area contributed by atoms with Gasteiger partial charge in [0.2, 0.25) is 0 Å². The molecule has 0 aromatic carbocycles. The number of likely N-dealkylation sites (N-methyl/N-ethyl adjacent to an activating group) is 1. The molecule has 60 heavy (non-hydrogen) atoms. The van der Waals surface area contributed by atoms with Gasteiger partial charge in [-0.25, -0.2) is 9.18 Å². The highest BCUT2D eigenvalue weighted by molar-refractivity contribution is 14.1. The number of aromatic nitrogens is 2. The summed E-state index contributed by atoms with van der Waals surface area (Å²) in [6.07, 6.45) is -0.605. The van der Waals surface area contributed by atoms with Crippen molar-refractivity contribution in [2.24, 2.45) is 17.8 Å². The van der Waals surface area contributed by atoms with Gasteiger partial charge in [0.1, 0.15) is 23.2 Å². The molecule has 0 radical (unpaired) electrons. The third kappa shape index (κ3) is 9.38. The summed E-state index contributed by atoms with van der Waals surface area (Å²) in [5.74, 6) is -5.88. The van der Waals surface area contributed by atoms with Crippen molar-refractivity contribution < 1.29 is 57.8 Å². The lowest BCUT2D eigenvalue weighted by Gasteiger charge is -2.54. The van der Waals surface area contributed by atoms with Gasteiger partial charge in [-0.15, -0.1) is 0 Å². The standard InChI is InChI=1S/C42H63FIN5O11/c1-22-16-40(5,56-10)36(59-37-33(53)29(47(8)9)15-23(2)58-37)25(4)35(54)41(6,43)39(55)60-38(44)42(7,57-11)34(24(3)32(22)52)49(21-50)26-18-48(19-26)20-27-30(51)17-46-28-13-12-14-45-31(27)28/h12-14,17,22-26,29,33-34,36-38,50-51,53H,15-16,18-21H2,1-11H3/t22-,23-,24+,25+,29+,33-,34+,36-,37+,38+,40-,41+,42+/m1/s1. The third-order valence-corrected chi connectivity index (χ3v) is 14.7. The quantitative estimate of drug-likeness (QED) is 0.103. The van der Waals surface area contributed by atoms with Crippen molar-refractivity contribution in [2.75, 3.05) is 48.1 Å². The van der Waals surface area contributed by atoms with E-state index in [0.717, 1.165) is 6.92 Å². The number of aliphatic hydroxyl groups is 2. The third-order valence-electron chi connectivity index (χ3n) is 13.2. The van der Waals surface area contributed by atoms with E-state index in [-0.39, 0.29) is 36.1 Å². The first-order chi connectivity index (χ1) is 28.1. The topological polar surface area (TPSA) is 194 Å². The number of aromatic hydroxyl groups is 1. The number of methoxy groups -OCH3 is 2.